The number of thioether (sulfide) groups is 1. The molecule has 98 valence electrons. The molecule has 8 heteroatoms. The van der Waals surface area contributed by atoms with E-state index in [1.54, 1.807) is 16.4 Å². The molecular weight excluding hydrogens is 256 g/mol. The smallest absolute Gasteiger partial charge is 0.327 e. The summed E-state index contributed by atoms with van der Waals surface area (Å²) in [4.78, 5) is 28.3. The third-order valence-electron chi connectivity index (χ3n) is 2.76. The number of carbonyl (C=O) groups is 2. The van der Waals surface area contributed by atoms with Gasteiger partial charge in [-0.15, -0.1) is 0 Å². The topological polar surface area (TPSA) is 88.3 Å². The molecular formula is C10H14N4O3S. The van der Waals surface area contributed by atoms with Crippen LogP contribution < -0.4 is 0 Å². The van der Waals surface area contributed by atoms with Crippen LogP contribution in [-0.2, 0) is 16.1 Å². The SMILES string of the molecule is O=C(O)C1CSCCN1C(=O)CCn1cncn1. The average molecular weight is 270 g/mol. The Morgan fingerprint density at radius 3 is 3.00 bits per heavy atom. The van der Waals surface area contributed by atoms with Crippen LogP contribution in [0.4, 0.5) is 0 Å². The molecule has 0 aromatic carbocycles. The second kappa shape index (κ2) is 5.85. The van der Waals surface area contributed by atoms with Crippen LogP contribution in [-0.4, -0.2) is 60.7 Å². The molecule has 0 spiro atoms. The molecule has 0 bridgehead atoms. The van der Waals surface area contributed by atoms with Crippen LogP contribution in [0.25, 0.3) is 0 Å². The number of rotatable bonds is 4. The number of carbonyl (C=O) groups excluding carboxylic acids is 1. The second-order valence-electron chi connectivity index (χ2n) is 3.92. The van der Waals surface area contributed by atoms with Gasteiger partial charge in [0.1, 0.15) is 18.7 Å². The first-order chi connectivity index (χ1) is 8.68. The predicted octanol–water partition coefficient (Wildman–Crippen LogP) is -0.303. The van der Waals surface area contributed by atoms with Crippen LogP contribution in [0.2, 0.25) is 0 Å². The summed E-state index contributed by atoms with van der Waals surface area (Å²) < 4.78 is 1.56. The van der Waals surface area contributed by atoms with E-state index in [1.807, 2.05) is 0 Å². The highest BCUT2D eigenvalue weighted by atomic mass is 32.2. The van der Waals surface area contributed by atoms with Crippen molar-refractivity contribution in [3.8, 4) is 0 Å². The van der Waals surface area contributed by atoms with E-state index in [-0.39, 0.29) is 12.3 Å². The molecule has 1 amide bonds. The number of aromatic nitrogens is 3. The molecule has 0 aliphatic carbocycles. The molecule has 0 radical (unpaired) electrons. The Morgan fingerprint density at radius 2 is 2.33 bits per heavy atom. The number of aryl methyl sites for hydroxylation is 1. The van der Waals surface area contributed by atoms with Crippen molar-refractivity contribution in [1.29, 1.82) is 0 Å². The van der Waals surface area contributed by atoms with Crippen molar-refractivity contribution in [3.63, 3.8) is 0 Å². The summed E-state index contributed by atoms with van der Waals surface area (Å²) in [5, 5.41) is 13.0. The molecule has 1 fully saturated rings. The normalized spacial score (nSPS) is 19.8. The molecule has 7 nitrogen and oxygen atoms in total. The average Bonchev–Trinajstić information content (AvgIpc) is 2.89. The van der Waals surface area contributed by atoms with E-state index in [4.69, 9.17) is 5.11 Å². The van der Waals surface area contributed by atoms with Crippen LogP contribution in [0.5, 0.6) is 0 Å². The zero-order valence-electron chi connectivity index (χ0n) is 9.73. The number of aliphatic carboxylic acids is 1. The van der Waals surface area contributed by atoms with Crippen LogP contribution in [0, 0.1) is 0 Å². The van der Waals surface area contributed by atoms with Crippen LogP contribution in [0.1, 0.15) is 6.42 Å². The van der Waals surface area contributed by atoms with Crippen molar-refractivity contribution in [2.75, 3.05) is 18.1 Å². The molecule has 1 aromatic rings. The molecule has 18 heavy (non-hydrogen) atoms. The predicted molar refractivity (Wildman–Crippen MR) is 65.1 cm³/mol. The van der Waals surface area contributed by atoms with E-state index in [9.17, 15) is 9.59 Å². The van der Waals surface area contributed by atoms with E-state index in [2.05, 4.69) is 10.1 Å². The summed E-state index contributed by atoms with van der Waals surface area (Å²) in [6.45, 7) is 0.923. The van der Waals surface area contributed by atoms with Gasteiger partial charge in [-0.05, 0) is 0 Å². The van der Waals surface area contributed by atoms with Crippen molar-refractivity contribution in [3.05, 3.63) is 12.7 Å². The molecule has 1 aliphatic heterocycles. The fraction of sp³-hybridized carbons (Fsp3) is 0.600. The number of carboxylic acids is 1. The van der Waals surface area contributed by atoms with Crippen molar-refractivity contribution < 1.29 is 14.7 Å². The van der Waals surface area contributed by atoms with Crippen LogP contribution in [0.3, 0.4) is 0 Å². The molecule has 2 heterocycles. The number of hydrogen-bond donors (Lipinski definition) is 1. The number of hydrogen-bond acceptors (Lipinski definition) is 5. The molecule has 1 saturated heterocycles. The molecule has 1 atom stereocenters. The summed E-state index contributed by atoms with van der Waals surface area (Å²) in [5.41, 5.74) is 0. The fourth-order valence-corrected chi connectivity index (χ4v) is 2.85. The van der Waals surface area contributed by atoms with E-state index in [0.29, 0.717) is 18.8 Å². The van der Waals surface area contributed by atoms with Crippen molar-refractivity contribution in [1.82, 2.24) is 19.7 Å². The van der Waals surface area contributed by atoms with Gasteiger partial charge in [-0.1, -0.05) is 0 Å². The van der Waals surface area contributed by atoms with E-state index in [1.165, 1.54) is 17.6 Å². The zero-order chi connectivity index (χ0) is 13.0. The van der Waals surface area contributed by atoms with Crippen molar-refractivity contribution in [2.45, 2.75) is 19.0 Å². The molecule has 1 unspecified atom stereocenters. The Hall–Kier alpha value is -1.57. The lowest BCUT2D eigenvalue weighted by atomic mass is 10.2. The summed E-state index contributed by atoms with van der Waals surface area (Å²) >= 11 is 1.57. The first kappa shape index (κ1) is 12.9. The largest absolute Gasteiger partial charge is 0.480 e. The van der Waals surface area contributed by atoms with Gasteiger partial charge in [0.15, 0.2) is 0 Å². The summed E-state index contributed by atoms with van der Waals surface area (Å²) in [6.07, 6.45) is 3.19. The van der Waals surface area contributed by atoms with Gasteiger partial charge in [0, 0.05) is 24.5 Å². The molecule has 1 aromatic heterocycles. The minimum absolute atomic E-state index is 0.141. The van der Waals surface area contributed by atoms with Gasteiger partial charge in [0.05, 0.1) is 6.54 Å². The van der Waals surface area contributed by atoms with Crippen LogP contribution in [0.15, 0.2) is 12.7 Å². The highest BCUT2D eigenvalue weighted by Crippen LogP contribution is 2.17. The third kappa shape index (κ3) is 3.00. The minimum atomic E-state index is -0.934. The molecule has 1 aliphatic rings. The Kier molecular flexibility index (Phi) is 4.19. The van der Waals surface area contributed by atoms with E-state index in [0.717, 1.165) is 5.75 Å². The monoisotopic (exact) mass is 270 g/mol. The van der Waals surface area contributed by atoms with Gasteiger partial charge >= 0.3 is 5.97 Å². The molecule has 2 rings (SSSR count). The lowest BCUT2D eigenvalue weighted by molar-refractivity contribution is -0.149. The number of nitrogens with zero attached hydrogens (tertiary/aromatic N) is 4. The Morgan fingerprint density at radius 1 is 1.50 bits per heavy atom. The zero-order valence-corrected chi connectivity index (χ0v) is 10.5. The van der Waals surface area contributed by atoms with Gasteiger partial charge in [-0.2, -0.15) is 16.9 Å². The van der Waals surface area contributed by atoms with Crippen LogP contribution >= 0.6 is 11.8 Å². The Bertz CT molecular complexity index is 423. The standard InChI is InChI=1S/C10H14N4O3S/c15-9(1-2-13-7-11-6-12-13)14-3-4-18-5-8(14)10(16)17/h6-8H,1-5H2,(H,16,17). The van der Waals surface area contributed by atoms with Crippen molar-refractivity contribution >= 4 is 23.6 Å². The Labute approximate surface area is 108 Å². The lowest BCUT2D eigenvalue weighted by Gasteiger charge is -2.32. The number of carboxylic acid groups (broad SMARTS) is 1. The first-order valence-electron chi connectivity index (χ1n) is 5.61. The van der Waals surface area contributed by atoms with Gasteiger partial charge < -0.3 is 10.0 Å². The van der Waals surface area contributed by atoms with Gasteiger partial charge in [-0.25, -0.2) is 9.78 Å². The Balaban J connectivity index is 1.92. The number of amides is 1. The van der Waals surface area contributed by atoms with Crippen molar-refractivity contribution in [2.24, 2.45) is 0 Å². The van der Waals surface area contributed by atoms with E-state index < -0.39 is 12.0 Å². The fourth-order valence-electron chi connectivity index (χ4n) is 1.81. The summed E-state index contributed by atoms with van der Waals surface area (Å²) in [6, 6.07) is -0.702. The third-order valence-corrected chi connectivity index (χ3v) is 3.78. The van der Waals surface area contributed by atoms with Gasteiger partial charge in [0.25, 0.3) is 0 Å². The lowest BCUT2D eigenvalue weighted by Crippen LogP contribution is -2.50. The van der Waals surface area contributed by atoms with Gasteiger partial charge in [-0.3, -0.25) is 9.48 Å². The quantitative estimate of drug-likeness (QED) is 0.808. The highest BCUT2D eigenvalue weighted by molar-refractivity contribution is 7.99. The maximum atomic E-state index is 12.0. The summed E-state index contributed by atoms with van der Waals surface area (Å²) in [7, 11) is 0. The highest BCUT2D eigenvalue weighted by Gasteiger charge is 2.31. The summed E-state index contributed by atoms with van der Waals surface area (Å²) in [5.74, 6) is 0.179. The molecule has 0 saturated carbocycles. The maximum Gasteiger partial charge on any atom is 0.327 e. The maximum absolute atomic E-state index is 12.0. The van der Waals surface area contributed by atoms with Gasteiger partial charge in [0.2, 0.25) is 5.91 Å². The van der Waals surface area contributed by atoms with E-state index >= 15 is 0 Å². The molecule has 1 N–H and O–H groups in total. The minimum Gasteiger partial charge on any atom is -0.480 e. The first-order valence-corrected chi connectivity index (χ1v) is 6.76. The second-order valence-corrected chi connectivity index (χ2v) is 5.07.